The molecule has 3 aromatic carbocycles. The van der Waals surface area contributed by atoms with Crippen molar-refractivity contribution in [1.82, 2.24) is 9.78 Å². The highest BCUT2D eigenvalue weighted by molar-refractivity contribution is 7.89. The molecule has 0 atom stereocenters. The molecule has 1 heterocycles. The Morgan fingerprint density at radius 1 is 0.879 bits per heavy atom. The van der Waals surface area contributed by atoms with Gasteiger partial charge in [0.2, 0.25) is 10.0 Å². The van der Waals surface area contributed by atoms with Gasteiger partial charge in [-0.1, -0.05) is 0 Å². The number of fused-ring (bicyclic) bond motifs is 3. The minimum absolute atomic E-state index is 0.0617. The third-order valence-electron chi connectivity index (χ3n) is 5.97. The van der Waals surface area contributed by atoms with Crippen molar-refractivity contribution in [3.8, 4) is 39.7 Å². The molecule has 4 aromatic rings. The Hall–Kier alpha value is -3.62. The number of primary sulfonamides is 1. The van der Waals surface area contributed by atoms with Gasteiger partial charge in [-0.25, -0.2) is 18.2 Å². The molecular formula is C25H23N3O4S. The van der Waals surface area contributed by atoms with Crippen LogP contribution in [-0.2, 0) is 22.9 Å². The number of sulfonamides is 1. The van der Waals surface area contributed by atoms with Gasteiger partial charge >= 0.3 is 0 Å². The molecular weight excluding hydrogens is 438 g/mol. The smallest absolute Gasteiger partial charge is 0.238 e. The minimum Gasteiger partial charge on any atom is -0.497 e. The number of methoxy groups -OCH3 is 2. The molecule has 33 heavy (non-hydrogen) atoms. The van der Waals surface area contributed by atoms with Gasteiger partial charge in [-0.15, -0.1) is 0 Å². The molecule has 0 aliphatic heterocycles. The summed E-state index contributed by atoms with van der Waals surface area (Å²) in [5.41, 5.74) is 7.05. The molecule has 2 N–H and O–H groups in total. The standard InChI is InChI=1S/C25H23N3O4S/c1-31-19-8-3-16(4-9-19)25-23-13-5-17-15-20(32-2)10-14-22(17)24(23)27-28(25)18-6-11-21(12-7-18)33(26,29)30/h3-4,6-12,14-15H,5,13H2,1-2H3,(H2,26,29,30). The predicted molar refractivity (Wildman–Crippen MR) is 126 cm³/mol. The van der Waals surface area contributed by atoms with Crippen molar-refractivity contribution in [3.05, 3.63) is 77.9 Å². The van der Waals surface area contributed by atoms with E-state index in [4.69, 9.17) is 19.7 Å². The molecule has 0 spiro atoms. The summed E-state index contributed by atoms with van der Waals surface area (Å²) in [6.45, 7) is 0. The van der Waals surface area contributed by atoms with Crippen LogP contribution in [0.5, 0.6) is 11.5 Å². The lowest BCUT2D eigenvalue weighted by atomic mass is 9.87. The second kappa shape index (κ2) is 8.06. The van der Waals surface area contributed by atoms with Crippen LogP contribution in [0.4, 0.5) is 0 Å². The second-order valence-electron chi connectivity index (χ2n) is 7.88. The average molecular weight is 462 g/mol. The number of hydrogen-bond donors (Lipinski definition) is 1. The zero-order valence-electron chi connectivity index (χ0n) is 18.3. The van der Waals surface area contributed by atoms with Gasteiger partial charge in [0.15, 0.2) is 0 Å². The molecule has 0 saturated heterocycles. The molecule has 0 radical (unpaired) electrons. The number of rotatable bonds is 5. The molecule has 1 aliphatic carbocycles. The maximum Gasteiger partial charge on any atom is 0.238 e. The summed E-state index contributed by atoms with van der Waals surface area (Å²) >= 11 is 0. The number of nitrogens with two attached hydrogens (primary N) is 1. The molecule has 1 aliphatic rings. The fourth-order valence-electron chi connectivity index (χ4n) is 4.31. The Balaban J connectivity index is 1.72. The van der Waals surface area contributed by atoms with Gasteiger partial charge in [0.25, 0.3) is 0 Å². The normalized spacial score (nSPS) is 12.7. The van der Waals surface area contributed by atoms with E-state index in [1.165, 1.54) is 17.7 Å². The molecule has 0 bridgehead atoms. The van der Waals surface area contributed by atoms with Crippen LogP contribution in [0.15, 0.2) is 71.6 Å². The van der Waals surface area contributed by atoms with Crippen LogP contribution in [0.25, 0.3) is 28.2 Å². The molecule has 0 amide bonds. The number of ether oxygens (including phenoxy) is 2. The molecule has 0 fully saturated rings. The Morgan fingerprint density at radius 3 is 2.18 bits per heavy atom. The van der Waals surface area contributed by atoms with Crippen LogP contribution in [0, 0.1) is 0 Å². The number of nitrogens with zero attached hydrogens (tertiary/aromatic N) is 2. The molecule has 0 unspecified atom stereocenters. The molecule has 8 heteroatoms. The van der Waals surface area contributed by atoms with Crippen LogP contribution in [0.1, 0.15) is 11.1 Å². The molecule has 168 valence electrons. The topological polar surface area (TPSA) is 96.4 Å². The number of benzene rings is 3. The summed E-state index contributed by atoms with van der Waals surface area (Å²) in [5.74, 6) is 1.60. The van der Waals surface area contributed by atoms with Crippen molar-refractivity contribution < 1.29 is 17.9 Å². The zero-order valence-corrected chi connectivity index (χ0v) is 19.1. The van der Waals surface area contributed by atoms with E-state index in [0.29, 0.717) is 0 Å². The van der Waals surface area contributed by atoms with Crippen molar-refractivity contribution in [2.24, 2.45) is 5.14 Å². The third kappa shape index (κ3) is 3.77. The highest BCUT2D eigenvalue weighted by Gasteiger charge is 2.26. The second-order valence-corrected chi connectivity index (χ2v) is 9.44. The first kappa shape index (κ1) is 21.2. The van der Waals surface area contributed by atoms with Crippen molar-refractivity contribution >= 4 is 10.0 Å². The van der Waals surface area contributed by atoms with E-state index in [1.54, 1.807) is 26.4 Å². The van der Waals surface area contributed by atoms with E-state index in [0.717, 1.165) is 58.1 Å². The maximum atomic E-state index is 11.7. The van der Waals surface area contributed by atoms with E-state index < -0.39 is 10.0 Å². The Kier molecular flexibility index (Phi) is 5.19. The summed E-state index contributed by atoms with van der Waals surface area (Å²) in [6.07, 6.45) is 1.70. The van der Waals surface area contributed by atoms with Gasteiger partial charge in [-0.3, -0.25) is 0 Å². The van der Waals surface area contributed by atoms with Crippen LogP contribution < -0.4 is 14.6 Å². The van der Waals surface area contributed by atoms with Crippen molar-refractivity contribution in [1.29, 1.82) is 0 Å². The van der Waals surface area contributed by atoms with E-state index in [9.17, 15) is 8.42 Å². The quantitative estimate of drug-likeness (QED) is 0.485. The highest BCUT2D eigenvalue weighted by Crippen LogP contribution is 2.41. The summed E-state index contributed by atoms with van der Waals surface area (Å²) in [5, 5.41) is 10.3. The summed E-state index contributed by atoms with van der Waals surface area (Å²) in [7, 11) is -0.473. The van der Waals surface area contributed by atoms with E-state index in [1.807, 2.05) is 41.1 Å². The average Bonchev–Trinajstić information content (AvgIpc) is 3.23. The van der Waals surface area contributed by atoms with Gasteiger partial charge in [-0.05, 0) is 85.1 Å². The fraction of sp³-hybridized carbons (Fsp3) is 0.160. The summed E-state index contributed by atoms with van der Waals surface area (Å²) in [4.78, 5) is 0.0617. The lowest BCUT2D eigenvalue weighted by molar-refractivity contribution is 0.414. The highest BCUT2D eigenvalue weighted by atomic mass is 32.2. The van der Waals surface area contributed by atoms with Crippen molar-refractivity contribution in [3.63, 3.8) is 0 Å². The fourth-order valence-corrected chi connectivity index (χ4v) is 4.82. The van der Waals surface area contributed by atoms with Gasteiger partial charge in [-0.2, -0.15) is 5.10 Å². The molecule has 1 aromatic heterocycles. The SMILES string of the molecule is COc1ccc(-c2c3c(nn2-c2ccc(S(N)(=O)=O)cc2)-c2ccc(OC)cc2CC3)cc1. The van der Waals surface area contributed by atoms with Crippen molar-refractivity contribution in [2.75, 3.05) is 14.2 Å². The lowest BCUT2D eigenvalue weighted by Gasteiger charge is -2.17. The van der Waals surface area contributed by atoms with Gasteiger partial charge in [0.1, 0.15) is 11.5 Å². The Labute approximate surface area is 192 Å². The van der Waals surface area contributed by atoms with E-state index in [-0.39, 0.29) is 4.90 Å². The Morgan fingerprint density at radius 2 is 1.55 bits per heavy atom. The van der Waals surface area contributed by atoms with E-state index >= 15 is 0 Å². The first-order chi connectivity index (χ1) is 15.9. The monoisotopic (exact) mass is 461 g/mol. The van der Waals surface area contributed by atoms with Crippen LogP contribution in [0.2, 0.25) is 0 Å². The van der Waals surface area contributed by atoms with Crippen LogP contribution in [0.3, 0.4) is 0 Å². The first-order valence-corrected chi connectivity index (χ1v) is 12.0. The first-order valence-electron chi connectivity index (χ1n) is 10.5. The molecule has 7 nitrogen and oxygen atoms in total. The number of aryl methyl sites for hydroxylation is 1. The third-order valence-corrected chi connectivity index (χ3v) is 6.90. The Bertz CT molecular complexity index is 1440. The zero-order chi connectivity index (χ0) is 23.2. The largest absolute Gasteiger partial charge is 0.497 e. The van der Waals surface area contributed by atoms with Gasteiger partial charge < -0.3 is 9.47 Å². The maximum absolute atomic E-state index is 11.7. The molecule has 5 rings (SSSR count). The van der Waals surface area contributed by atoms with Crippen LogP contribution >= 0.6 is 0 Å². The van der Waals surface area contributed by atoms with Crippen LogP contribution in [-0.4, -0.2) is 32.4 Å². The van der Waals surface area contributed by atoms with Gasteiger partial charge in [0.05, 0.1) is 36.2 Å². The van der Waals surface area contributed by atoms with Gasteiger partial charge in [0, 0.05) is 16.7 Å². The van der Waals surface area contributed by atoms with E-state index in [2.05, 4.69) is 6.07 Å². The van der Waals surface area contributed by atoms with Crippen molar-refractivity contribution in [2.45, 2.75) is 17.7 Å². The lowest BCUT2D eigenvalue weighted by Crippen LogP contribution is -2.12. The minimum atomic E-state index is -3.78. The summed E-state index contributed by atoms with van der Waals surface area (Å²) < 4.78 is 36.0. The number of aromatic nitrogens is 2. The summed E-state index contributed by atoms with van der Waals surface area (Å²) in [6, 6.07) is 20.4. The molecule has 0 saturated carbocycles. The predicted octanol–water partition coefficient (Wildman–Crippen LogP) is 3.97. The number of hydrogen-bond acceptors (Lipinski definition) is 5.